The van der Waals surface area contributed by atoms with Crippen molar-refractivity contribution in [3.8, 4) is 5.75 Å². The van der Waals surface area contributed by atoms with Crippen LogP contribution in [-0.2, 0) is 18.4 Å². The lowest BCUT2D eigenvalue weighted by Crippen LogP contribution is -2.33. The minimum Gasteiger partial charge on any atom is -0.489 e. The van der Waals surface area contributed by atoms with Crippen LogP contribution >= 0.6 is 11.8 Å². The maximum Gasteiger partial charge on any atom is 0.279 e. The van der Waals surface area contributed by atoms with E-state index in [2.05, 4.69) is 17.2 Å². The summed E-state index contributed by atoms with van der Waals surface area (Å²) in [5.41, 5.74) is 1.47. The van der Waals surface area contributed by atoms with Gasteiger partial charge in [-0.15, -0.1) is 0 Å². The molecule has 0 aliphatic carbocycles. The van der Waals surface area contributed by atoms with E-state index in [1.54, 1.807) is 34.9 Å². The number of amides is 1. The van der Waals surface area contributed by atoms with Crippen molar-refractivity contribution in [2.45, 2.75) is 37.4 Å². The van der Waals surface area contributed by atoms with Crippen LogP contribution in [0.15, 0.2) is 58.5 Å². The number of hydrogen-bond acceptors (Lipinski definition) is 5. The van der Waals surface area contributed by atoms with Crippen molar-refractivity contribution in [1.82, 2.24) is 9.55 Å². The summed E-state index contributed by atoms with van der Waals surface area (Å²) >= 11 is 1.50. The molecule has 1 aliphatic rings. The first-order chi connectivity index (χ1) is 15.5. The molecule has 0 bridgehead atoms. The molecule has 4 rings (SSSR count). The Morgan fingerprint density at radius 1 is 1.19 bits per heavy atom. The molecule has 166 valence electrons. The second kappa shape index (κ2) is 9.56. The highest BCUT2D eigenvalue weighted by Crippen LogP contribution is 2.36. The van der Waals surface area contributed by atoms with E-state index in [9.17, 15) is 14.0 Å². The number of nitrogens with zero attached hydrogens (tertiary/aromatic N) is 2. The van der Waals surface area contributed by atoms with Crippen LogP contribution < -0.4 is 15.6 Å². The van der Waals surface area contributed by atoms with Crippen molar-refractivity contribution in [2.24, 2.45) is 7.05 Å². The Bertz CT molecular complexity index is 1190. The van der Waals surface area contributed by atoms with Gasteiger partial charge in [-0.05, 0) is 30.2 Å². The number of anilines is 1. The molecule has 1 amide bonds. The van der Waals surface area contributed by atoms with Crippen molar-refractivity contribution < 1.29 is 13.9 Å². The third-order valence-corrected chi connectivity index (χ3v) is 6.61. The summed E-state index contributed by atoms with van der Waals surface area (Å²) < 4.78 is 21.3. The summed E-state index contributed by atoms with van der Waals surface area (Å²) in [4.78, 5) is 29.6. The number of aromatic nitrogens is 2. The summed E-state index contributed by atoms with van der Waals surface area (Å²) in [5.74, 6) is 1.07. The average Bonchev–Trinajstić information content (AvgIpc) is 2.79. The molecule has 0 spiro atoms. The van der Waals surface area contributed by atoms with Crippen LogP contribution in [0.5, 0.6) is 5.75 Å². The van der Waals surface area contributed by atoms with Crippen molar-refractivity contribution in [2.75, 3.05) is 11.1 Å². The molecule has 32 heavy (non-hydrogen) atoms. The van der Waals surface area contributed by atoms with E-state index in [1.807, 2.05) is 19.2 Å². The molecule has 0 fully saturated rings. The molecule has 1 N–H and O–H groups in total. The van der Waals surface area contributed by atoms with Gasteiger partial charge in [0.1, 0.15) is 24.0 Å². The van der Waals surface area contributed by atoms with E-state index in [1.165, 1.54) is 17.8 Å². The lowest BCUT2D eigenvalue weighted by atomic mass is 9.87. The van der Waals surface area contributed by atoms with Crippen LogP contribution in [0.25, 0.3) is 0 Å². The number of carbonyl (C=O) groups excluding carboxylic acids is 1. The molecule has 0 unspecified atom stereocenters. The van der Waals surface area contributed by atoms with Gasteiger partial charge >= 0.3 is 0 Å². The molecule has 1 aromatic heterocycles. The number of fused-ring (bicyclic) bond motifs is 1. The Kier molecular flexibility index (Phi) is 6.60. The zero-order valence-electron chi connectivity index (χ0n) is 17.9. The largest absolute Gasteiger partial charge is 0.489 e. The van der Waals surface area contributed by atoms with Gasteiger partial charge in [0, 0.05) is 30.7 Å². The molecule has 1 aliphatic heterocycles. The highest BCUT2D eigenvalue weighted by molar-refractivity contribution is 7.99. The molecule has 1 atom stereocenters. The number of rotatable bonds is 7. The van der Waals surface area contributed by atoms with Gasteiger partial charge in [-0.25, -0.2) is 4.39 Å². The third kappa shape index (κ3) is 4.55. The number of hydrogen-bond donors (Lipinski definition) is 1. The summed E-state index contributed by atoms with van der Waals surface area (Å²) in [6.45, 7) is 2.18. The molecular formula is C24H24FN3O3S. The van der Waals surface area contributed by atoms with Crippen molar-refractivity contribution in [3.63, 3.8) is 0 Å². The van der Waals surface area contributed by atoms with E-state index in [0.29, 0.717) is 27.9 Å². The first-order valence-electron chi connectivity index (χ1n) is 10.5. The highest BCUT2D eigenvalue weighted by Gasteiger charge is 2.32. The second-order valence-corrected chi connectivity index (χ2v) is 8.69. The number of nitrogens with one attached hydrogen (secondary N) is 1. The quantitative estimate of drug-likeness (QED) is 0.422. The topological polar surface area (TPSA) is 73.2 Å². The Hall–Kier alpha value is -3.13. The third-order valence-electron chi connectivity index (χ3n) is 5.37. The molecule has 2 aromatic carbocycles. The zero-order chi connectivity index (χ0) is 22.7. The van der Waals surface area contributed by atoms with Gasteiger partial charge in [0.05, 0.1) is 5.56 Å². The Labute approximate surface area is 189 Å². The lowest BCUT2D eigenvalue weighted by Gasteiger charge is -2.27. The Morgan fingerprint density at radius 3 is 2.66 bits per heavy atom. The predicted octanol–water partition coefficient (Wildman–Crippen LogP) is 4.47. The highest BCUT2D eigenvalue weighted by atomic mass is 32.2. The Balaban J connectivity index is 1.59. The predicted molar refractivity (Wildman–Crippen MR) is 123 cm³/mol. The second-order valence-electron chi connectivity index (χ2n) is 7.62. The molecule has 3 aromatic rings. The molecular weight excluding hydrogens is 429 g/mol. The van der Waals surface area contributed by atoms with Gasteiger partial charge in [-0.1, -0.05) is 49.0 Å². The fourth-order valence-electron chi connectivity index (χ4n) is 3.72. The monoisotopic (exact) mass is 453 g/mol. The van der Waals surface area contributed by atoms with Gasteiger partial charge in [0.2, 0.25) is 5.91 Å². The van der Waals surface area contributed by atoms with Gasteiger partial charge in [-0.3, -0.25) is 9.59 Å². The fourth-order valence-corrected chi connectivity index (χ4v) is 4.53. The van der Waals surface area contributed by atoms with Crippen LogP contribution in [0, 0.1) is 5.82 Å². The van der Waals surface area contributed by atoms with Gasteiger partial charge in [-0.2, -0.15) is 4.98 Å². The smallest absolute Gasteiger partial charge is 0.279 e. The van der Waals surface area contributed by atoms with Crippen molar-refractivity contribution >= 4 is 23.5 Å². The van der Waals surface area contributed by atoms with E-state index in [4.69, 9.17) is 4.74 Å². The maximum atomic E-state index is 13.8. The van der Waals surface area contributed by atoms with Crippen molar-refractivity contribution in [1.29, 1.82) is 0 Å². The van der Waals surface area contributed by atoms with Crippen LogP contribution in [0.3, 0.4) is 0 Å². The van der Waals surface area contributed by atoms with E-state index >= 15 is 0 Å². The zero-order valence-corrected chi connectivity index (χ0v) is 18.7. The van der Waals surface area contributed by atoms with E-state index < -0.39 is 5.92 Å². The first kappa shape index (κ1) is 22.1. The van der Waals surface area contributed by atoms with Crippen LogP contribution in [0.4, 0.5) is 10.2 Å². The summed E-state index contributed by atoms with van der Waals surface area (Å²) in [6, 6.07) is 13.7. The maximum absolute atomic E-state index is 13.8. The SMILES string of the molecule is CCCSc1nc(=O)c2c(n1C)NC(=O)C[C@H]2c1ccc(OCc2ccccc2F)cc1. The number of halogens is 1. The van der Waals surface area contributed by atoms with Crippen LogP contribution in [0.1, 0.15) is 42.4 Å². The minimum atomic E-state index is -0.393. The minimum absolute atomic E-state index is 0.114. The van der Waals surface area contributed by atoms with Gasteiger partial charge in [0.15, 0.2) is 5.16 Å². The molecule has 0 radical (unpaired) electrons. The molecule has 0 saturated carbocycles. The first-order valence-corrected chi connectivity index (χ1v) is 11.5. The lowest BCUT2D eigenvalue weighted by molar-refractivity contribution is -0.116. The number of thioether (sulfide) groups is 1. The number of benzene rings is 2. The number of ether oxygens (including phenoxy) is 1. The summed E-state index contributed by atoms with van der Waals surface area (Å²) in [5, 5.41) is 3.44. The normalized spacial score (nSPS) is 15.2. The van der Waals surface area contributed by atoms with E-state index in [0.717, 1.165) is 17.7 Å². The molecule has 2 heterocycles. The molecule has 6 nitrogen and oxygen atoms in total. The standard InChI is InChI=1S/C24H24FN3O3S/c1-3-12-32-24-27-23(30)21-18(13-20(29)26-22(21)28(24)2)15-8-10-17(11-9-15)31-14-16-6-4-5-7-19(16)25/h4-11,18H,3,12-14H2,1-2H3,(H,26,29)/t18-/m0/s1. The van der Waals surface area contributed by atoms with Crippen molar-refractivity contribution in [3.05, 3.63) is 81.4 Å². The molecule has 8 heteroatoms. The van der Waals surface area contributed by atoms with Gasteiger partial charge in [0.25, 0.3) is 5.56 Å². The molecule has 0 saturated heterocycles. The summed E-state index contributed by atoms with van der Waals surface area (Å²) in [7, 11) is 1.81. The van der Waals surface area contributed by atoms with E-state index in [-0.39, 0.29) is 30.3 Å². The van der Waals surface area contributed by atoms with Crippen LogP contribution in [0.2, 0.25) is 0 Å². The van der Waals surface area contributed by atoms with Crippen LogP contribution in [-0.4, -0.2) is 21.2 Å². The van der Waals surface area contributed by atoms with Gasteiger partial charge < -0.3 is 14.6 Å². The fraction of sp³-hybridized carbons (Fsp3) is 0.292. The number of carbonyl (C=O) groups is 1. The average molecular weight is 454 g/mol. The summed E-state index contributed by atoms with van der Waals surface area (Å²) in [6.07, 6.45) is 1.12. The Morgan fingerprint density at radius 2 is 1.94 bits per heavy atom.